The van der Waals surface area contributed by atoms with Crippen LogP contribution < -0.4 is 10.9 Å². The van der Waals surface area contributed by atoms with Gasteiger partial charge in [-0.05, 0) is 17.7 Å². The smallest absolute Gasteiger partial charge is 0.274 e. The number of fused-ring (bicyclic) bond motifs is 2. The number of H-pyrrole nitrogens is 1. The number of benzene rings is 2. The number of carbonyl (C=O) groups excluding carboxylic acids is 1. The lowest BCUT2D eigenvalue weighted by molar-refractivity contribution is -0.120. The zero-order chi connectivity index (χ0) is 20.2. The number of para-hydroxylation sites is 1. The molecule has 2 aromatic heterocycles. The van der Waals surface area contributed by atoms with Crippen LogP contribution in [0.4, 0.5) is 0 Å². The van der Waals surface area contributed by atoms with Gasteiger partial charge in [-0.25, -0.2) is 4.68 Å². The van der Waals surface area contributed by atoms with Crippen molar-refractivity contribution in [2.24, 2.45) is 0 Å². The van der Waals surface area contributed by atoms with E-state index in [1.165, 1.54) is 4.68 Å². The molecule has 148 valence electrons. The van der Waals surface area contributed by atoms with E-state index in [1.807, 2.05) is 48.7 Å². The summed E-state index contributed by atoms with van der Waals surface area (Å²) in [7, 11) is 1.58. The normalized spacial score (nSPS) is 11.2. The van der Waals surface area contributed by atoms with Gasteiger partial charge in [0.2, 0.25) is 5.91 Å². The minimum Gasteiger partial charge on any atom is -0.383 e. The molecule has 0 aliphatic heterocycles. The summed E-state index contributed by atoms with van der Waals surface area (Å²) in [6, 6.07) is 15.2. The highest BCUT2D eigenvalue weighted by Gasteiger charge is 2.13. The molecule has 0 radical (unpaired) electrons. The quantitative estimate of drug-likeness (QED) is 0.507. The van der Waals surface area contributed by atoms with Crippen molar-refractivity contribution < 1.29 is 9.53 Å². The molecule has 2 N–H and O–H groups in total. The number of amides is 1. The van der Waals surface area contributed by atoms with Crippen LogP contribution in [-0.4, -0.2) is 34.4 Å². The van der Waals surface area contributed by atoms with E-state index >= 15 is 0 Å². The number of hydrogen-bond donors (Lipinski definition) is 2. The van der Waals surface area contributed by atoms with E-state index in [2.05, 4.69) is 15.4 Å². The number of aromatic amines is 1. The average Bonchev–Trinajstić information content (AvgIpc) is 3.15. The standard InChI is InChI=1S/C22H22N4O3/c1-29-11-10-26-22(28)18-8-3-2-7-17(18)20(25-26)14-24-21(27)12-15-13-23-19-9-5-4-6-16(15)19/h2-9,13,23H,10-12,14H2,1H3,(H,24,27). The van der Waals surface area contributed by atoms with E-state index in [0.29, 0.717) is 24.2 Å². The molecule has 1 amide bonds. The summed E-state index contributed by atoms with van der Waals surface area (Å²) in [6.45, 7) is 0.989. The van der Waals surface area contributed by atoms with Crippen LogP contribution >= 0.6 is 0 Å². The molecule has 0 unspecified atom stereocenters. The molecule has 0 saturated carbocycles. The highest BCUT2D eigenvalue weighted by molar-refractivity contribution is 5.89. The summed E-state index contributed by atoms with van der Waals surface area (Å²) in [6.07, 6.45) is 2.13. The SMILES string of the molecule is COCCn1nc(CNC(=O)Cc2c[nH]c3ccccc23)c2ccccc2c1=O. The molecule has 29 heavy (non-hydrogen) atoms. The maximum atomic E-state index is 12.6. The fourth-order valence-electron chi connectivity index (χ4n) is 3.46. The molecule has 0 aliphatic rings. The number of rotatable bonds is 7. The predicted molar refractivity (Wildman–Crippen MR) is 112 cm³/mol. The van der Waals surface area contributed by atoms with Gasteiger partial charge < -0.3 is 15.0 Å². The Morgan fingerprint density at radius 2 is 1.83 bits per heavy atom. The molecule has 7 nitrogen and oxygen atoms in total. The van der Waals surface area contributed by atoms with E-state index < -0.39 is 0 Å². The molecule has 4 aromatic rings. The number of ether oxygens (including phenoxy) is 1. The third-order valence-electron chi connectivity index (χ3n) is 4.93. The van der Waals surface area contributed by atoms with Gasteiger partial charge in [0.15, 0.2) is 0 Å². The summed E-state index contributed by atoms with van der Waals surface area (Å²) in [5.74, 6) is -0.102. The van der Waals surface area contributed by atoms with Gasteiger partial charge in [-0.1, -0.05) is 36.4 Å². The largest absolute Gasteiger partial charge is 0.383 e. The monoisotopic (exact) mass is 390 g/mol. The Labute approximate surface area is 167 Å². The molecule has 0 spiro atoms. The number of hydrogen-bond acceptors (Lipinski definition) is 4. The van der Waals surface area contributed by atoms with Crippen molar-refractivity contribution in [1.29, 1.82) is 0 Å². The molecule has 0 atom stereocenters. The van der Waals surface area contributed by atoms with Gasteiger partial charge in [-0.15, -0.1) is 0 Å². The maximum Gasteiger partial charge on any atom is 0.274 e. The van der Waals surface area contributed by atoms with Crippen LogP contribution in [-0.2, 0) is 29.0 Å². The van der Waals surface area contributed by atoms with Gasteiger partial charge in [0.1, 0.15) is 0 Å². The Morgan fingerprint density at radius 1 is 1.10 bits per heavy atom. The second-order valence-electron chi connectivity index (χ2n) is 6.83. The second kappa shape index (κ2) is 8.28. The van der Waals surface area contributed by atoms with E-state index in [-0.39, 0.29) is 24.4 Å². The molecule has 7 heteroatoms. The van der Waals surface area contributed by atoms with Crippen LogP contribution in [0.3, 0.4) is 0 Å². The molecular weight excluding hydrogens is 368 g/mol. The first-order valence-corrected chi connectivity index (χ1v) is 9.46. The van der Waals surface area contributed by atoms with Gasteiger partial charge in [0.25, 0.3) is 5.56 Å². The Balaban J connectivity index is 1.55. The lowest BCUT2D eigenvalue weighted by Crippen LogP contribution is -2.30. The van der Waals surface area contributed by atoms with Gasteiger partial charge in [-0.3, -0.25) is 9.59 Å². The fourth-order valence-corrected chi connectivity index (χ4v) is 3.46. The third kappa shape index (κ3) is 3.90. The highest BCUT2D eigenvalue weighted by atomic mass is 16.5. The Kier molecular flexibility index (Phi) is 5.39. The molecule has 2 aromatic carbocycles. The van der Waals surface area contributed by atoms with Crippen LogP contribution in [0.15, 0.2) is 59.5 Å². The van der Waals surface area contributed by atoms with Gasteiger partial charge in [0, 0.05) is 29.6 Å². The summed E-state index contributed by atoms with van der Waals surface area (Å²) >= 11 is 0. The zero-order valence-electron chi connectivity index (χ0n) is 16.1. The van der Waals surface area contributed by atoms with Crippen LogP contribution in [0.25, 0.3) is 21.7 Å². The van der Waals surface area contributed by atoms with Gasteiger partial charge in [0.05, 0.1) is 37.2 Å². The van der Waals surface area contributed by atoms with E-state index in [0.717, 1.165) is 21.9 Å². The summed E-state index contributed by atoms with van der Waals surface area (Å²) < 4.78 is 6.47. The lowest BCUT2D eigenvalue weighted by Gasteiger charge is -2.11. The molecule has 4 rings (SSSR count). The Hall–Kier alpha value is -3.45. The van der Waals surface area contributed by atoms with Crippen molar-refractivity contribution in [2.45, 2.75) is 19.5 Å². The maximum absolute atomic E-state index is 12.6. The number of carbonyl (C=O) groups is 1. The second-order valence-corrected chi connectivity index (χ2v) is 6.83. The Bertz CT molecular complexity index is 1230. The lowest BCUT2D eigenvalue weighted by atomic mass is 10.1. The fraction of sp³-hybridized carbons (Fsp3) is 0.227. The topological polar surface area (TPSA) is 89.0 Å². The Morgan fingerprint density at radius 3 is 2.62 bits per heavy atom. The average molecular weight is 390 g/mol. The molecule has 0 bridgehead atoms. The number of aromatic nitrogens is 3. The van der Waals surface area contributed by atoms with Crippen LogP contribution in [0.2, 0.25) is 0 Å². The van der Waals surface area contributed by atoms with Gasteiger partial charge >= 0.3 is 0 Å². The van der Waals surface area contributed by atoms with E-state index in [9.17, 15) is 9.59 Å². The first-order chi connectivity index (χ1) is 14.2. The summed E-state index contributed by atoms with van der Waals surface area (Å²) in [5.41, 5.74) is 2.45. The van der Waals surface area contributed by atoms with Crippen molar-refractivity contribution in [2.75, 3.05) is 13.7 Å². The van der Waals surface area contributed by atoms with Crippen LogP contribution in [0, 0.1) is 0 Å². The van der Waals surface area contributed by atoms with Gasteiger partial charge in [-0.2, -0.15) is 5.10 Å². The van der Waals surface area contributed by atoms with Crippen molar-refractivity contribution in [3.63, 3.8) is 0 Å². The predicted octanol–water partition coefficient (Wildman–Crippen LogP) is 2.38. The zero-order valence-corrected chi connectivity index (χ0v) is 16.1. The number of methoxy groups -OCH3 is 1. The van der Waals surface area contributed by atoms with Crippen molar-refractivity contribution >= 4 is 27.6 Å². The molecular formula is C22H22N4O3. The van der Waals surface area contributed by atoms with Crippen LogP contribution in [0.5, 0.6) is 0 Å². The van der Waals surface area contributed by atoms with E-state index in [1.54, 1.807) is 13.2 Å². The first kappa shape index (κ1) is 18.9. The van der Waals surface area contributed by atoms with Crippen molar-refractivity contribution in [1.82, 2.24) is 20.1 Å². The molecule has 0 fully saturated rings. The summed E-state index contributed by atoms with van der Waals surface area (Å²) in [4.78, 5) is 28.3. The van der Waals surface area contributed by atoms with E-state index in [4.69, 9.17) is 4.74 Å². The molecule has 2 heterocycles. The summed E-state index contributed by atoms with van der Waals surface area (Å²) in [5, 5.41) is 9.77. The third-order valence-corrected chi connectivity index (χ3v) is 4.93. The van der Waals surface area contributed by atoms with Crippen molar-refractivity contribution in [3.8, 4) is 0 Å². The minimum absolute atomic E-state index is 0.102. The minimum atomic E-state index is -0.161. The first-order valence-electron chi connectivity index (χ1n) is 9.46. The molecule has 0 aliphatic carbocycles. The van der Waals surface area contributed by atoms with Crippen LogP contribution in [0.1, 0.15) is 11.3 Å². The highest BCUT2D eigenvalue weighted by Crippen LogP contribution is 2.18. The molecule has 0 saturated heterocycles. The van der Waals surface area contributed by atoms with Crippen molar-refractivity contribution in [3.05, 3.63) is 76.3 Å². The number of nitrogens with zero attached hydrogens (tertiary/aromatic N) is 2. The number of nitrogens with one attached hydrogen (secondary N) is 2.